The maximum absolute atomic E-state index is 11.9. The number of aromatic amines is 1. The topological polar surface area (TPSA) is 62.0 Å². The number of hydrogen-bond acceptors (Lipinski definition) is 2. The number of hydrogen-bond donors (Lipinski definition) is 2. The van der Waals surface area contributed by atoms with Gasteiger partial charge < -0.3 is 10.3 Å². The standard InChI is InChI=1S/C12H17BrN2O2/c1-7(5-13)9(3)15-12(17)10-6-14-8(2)4-11(10)16/h4,6-7,9H,5H2,1-3H3,(H,14,16)(H,15,17). The average Bonchev–Trinajstić information content (AvgIpc) is 2.27. The Balaban J connectivity index is 2.80. The van der Waals surface area contributed by atoms with Crippen LogP contribution in [0, 0.1) is 12.8 Å². The largest absolute Gasteiger partial charge is 0.364 e. The highest BCUT2D eigenvalue weighted by Crippen LogP contribution is 2.06. The zero-order chi connectivity index (χ0) is 13.0. The lowest BCUT2D eigenvalue weighted by atomic mass is 10.1. The lowest BCUT2D eigenvalue weighted by molar-refractivity contribution is 0.0929. The fourth-order valence-electron chi connectivity index (χ4n) is 1.31. The van der Waals surface area contributed by atoms with Crippen LogP contribution in [0.25, 0.3) is 0 Å². The van der Waals surface area contributed by atoms with Gasteiger partial charge in [0.15, 0.2) is 5.43 Å². The smallest absolute Gasteiger partial charge is 0.256 e. The van der Waals surface area contributed by atoms with Gasteiger partial charge in [-0.2, -0.15) is 0 Å². The fourth-order valence-corrected chi connectivity index (χ4v) is 1.87. The Morgan fingerprint density at radius 3 is 2.71 bits per heavy atom. The first-order valence-corrected chi connectivity index (χ1v) is 6.64. The number of alkyl halides is 1. The second-order valence-corrected chi connectivity index (χ2v) is 4.94. The summed E-state index contributed by atoms with van der Waals surface area (Å²) in [6.45, 7) is 5.73. The maximum atomic E-state index is 11.9. The molecule has 0 saturated carbocycles. The molecule has 1 amide bonds. The van der Waals surface area contributed by atoms with Crippen LogP contribution in [0.5, 0.6) is 0 Å². The number of rotatable bonds is 4. The zero-order valence-electron chi connectivity index (χ0n) is 10.2. The molecule has 4 nitrogen and oxygen atoms in total. The van der Waals surface area contributed by atoms with Gasteiger partial charge in [0, 0.05) is 29.3 Å². The van der Waals surface area contributed by atoms with Gasteiger partial charge in [-0.25, -0.2) is 0 Å². The Morgan fingerprint density at radius 1 is 1.53 bits per heavy atom. The van der Waals surface area contributed by atoms with E-state index in [0.29, 0.717) is 5.92 Å². The van der Waals surface area contributed by atoms with E-state index in [1.165, 1.54) is 12.3 Å². The summed E-state index contributed by atoms with van der Waals surface area (Å²) < 4.78 is 0. The molecule has 0 aromatic carbocycles. The number of pyridine rings is 1. The predicted octanol–water partition coefficient (Wildman–Crippen LogP) is 1.83. The van der Waals surface area contributed by atoms with Crippen molar-refractivity contribution >= 4 is 21.8 Å². The quantitative estimate of drug-likeness (QED) is 0.834. The van der Waals surface area contributed by atoms with Crippen molar-refractivity contribution in [3.63, 3.8) is 0 Å². The summed E-state index contributed by atoms with van der Waals surface area (Å²) >= 11 is 3.37. The summed E-state index contributed by atoms with van der Waals surface area (Å²) in [6.07, 6.45) is 1.46. The molecule has 0 radical (unpaired) electrons. The van der Waals surface area contributed by atoms with E-state index in [-0.39, 0.29) is 22.9 Å². The average molecular weight is 301 g/mol. The van der Waals surface area contributed by atoms with Gasteiger partial charge in [0.2, 0.25) is 0 Å². The van der Waals surface area contributed by atoms with E-state index in [0.717, 1.165) is 11.0 Å². The summed E-state index contributed by atoms with van der Waals surface area (Å²) in [4.78, 5) is 26.3. The molecule has 5 heteroatoms. The highest BCUT2D eigenvalue weighted by atomic mass is 79.9. The minimum atomic E-state index is -0.327. The third-order valence-electron chi connectivity index (χ3n) is 2.76. The highest BCUT2D eigenvalue weighted by molar-refractivity contribution is 9.09. The van der Waals surface area contributed by atoms with Crippen LogP contribution in [0.15, 0.2) is 17.1 Å². The molecule has 2 atom stereocenters. The zero-order valence-corrected chi connectivity index (χ0v) is 11.8. The molecular weight excluding hydrogens is 284 g/mol. The number of carbonyl (C=O) groups is 1. The van der Waals surface area contributed by atoms with Crippen LogP contribution in [0.4, 0.5) is 0 Å². The van der Waals surface area contributed by atoms with Gasteiger partial charge in [-0.15, -0.1) is 0 Å². The number of H-pyrrole nitrogens is 1. The van der Waals surface area contributed by atoms with Gasteiger partial charge in [0.1, 0.15) is 5.56 Å². The van der Waals surface area contributed by atoms with Crippen LogP contribution in [-0.2, 0) is 0 Å². The summed E-state index contributed by atoms with van der Waals surface area (Å²) in [7, 11) is 0. The van der Waals surface area contributed by atoms with Crippen molar-refractivity contribution in [2.75, 3.05) is 5.33 Å². The first-order valence-electron chi connectivity index (χ1n) is 5.52. The SMILES string of the molecule is Cc1cc(=O)c(C(=O)NC(C)C(C)CBr)c[nH]1. The number of nitrogens with one attached hydrogen (secondary N) is 2. The molecule has 0 aliphatic rings. The van der Waals surface area contributed by atoms with Gasteiger partial charge in [-0.3, -0.25) is 9.59 Å². The van der Waals surface area contributed by atoms with E-state index in [1.807, 2.05) is 13.8 Å². The Labute approximate surface area is 109 Å². The van der Waals surface area contributed by atoms with Crippen LogP contribution >= 0.6 is 15.9 Å². The van der Waals surface area contributed by atoms with Crippen LogP contribution in [0.3, 0.4) is 0 Å². The van der Waals surface area contributed by atoms with Crippen molar-refractivity contribution in [1.29, 1.82) is 0 Å². The van der Waals surface area contributed by atoms with E-state index in [4.69, 9.17) is 0 Å². The van der Waals surface area contributed by atoms with E-state index in [2.05, 4.69) is 26.2 Å². The van der Waals surface area contributed by atoms with Gasteiger partial charge in [-0.1, -0.05) is 22.9 Å². The first-order chi connectivity index (χ1) is 7.95. The molecule has 17 heavy (non-hydrogen) atoms. The third-order valence-corrected chi connectivity index (χ3v) is 3.78. The molecule has 0 aliphatic carbocycles. The lowest BCUT2D eigenvalue weighted by Gasteiger charge is -2.18. The molecule has 1 rings (SSSR count). The number of carbonyl (C=O) groups excluding carboxylic acids is 1. The normalized spacial score (nSPS) is 14.1. The van der Waals surface area contributed by atoms with E-state index < -0.39 is 0 Å². The predicted molar refractivity (Wildman–Crippen MR) is 71.7 cm³/mol. The third kappa shape index (κ3) is 3.70. The van der Waals surface area contributed by atoms with Crippen molar-refractivity contribution in [1.82, 2.24) is 10.3 Å². The molecule has 1 aromatic rings. The first kappa shape index (κ1) is 14.0. The molecule has 0 spiro atoms. The second kappa shape index (κ2) is 6.00. The summed E-state index contributed by atoms with van der Waals surface area (Å²) in [5.41, 5.74) is 0.648. The molecule has 94 valence electrons. The van der Waals surface area contributed by atoms with E-state index >= 15 is 0 Å². The Kier molecular flexibility index (Phi) is 4.93. The lowest BCUT2D eigenvalue weighted by Crippen LogP contribution is -2.39. The van der Waals surface area contributed by atoms with Crippen molar-refractivity contribution in [3.8, 4) is 0 Å². The summed E-state index contributed by atoms with van der Waals surface area (Å²) in [6, 6.07) is 1.44. The Hall–Kier alpha value is -1.10. The monoisotopic (exact) mass is 300 g/mol. The van der Waals surface area contributed by atoms with Crippen LogP contribution < -0.4 is 10.7 Å². The van der Waals surface area contributed by atoms with Crippen molar-refractivity contribution in [3.05, 3.63) is 33.7 Å². The second-order valence-electron chi connectivity index (χ2n) is 4.29. The van der Waals surface area contributed by atoms with Crippen LogP contribution in [0.1, 0.15) is 29.9 Å². The minimum Gasteiger partial charge on any atom is -0.364 e. The molecule has 1 heterocycles. The number of amides is 1. The van der Waals surface area contributed by atoms with Crippen LogP contribution in [-0.4, -0.2) is 22.3 Å². The van der Waals surface area contributed by atoms with E-state index in [9.17, 15) is 9.59 Å². The van der Waals surface area contributed by atoms with Gasteiger partial charge in [0.05, 0.1) is 0 Å². The van der Waals surface area contributed by atoms with E-state index in [1.54, 1.807) is 6.92 Å². The maximum Gasteiger partial charge on any atom is 0.256 e. The van der Waals surface area contributed by atoms with Gasteiger partial charge in [-0.05, 0) is 19.8 Å². The molecule has 0 fully saturated rings. The Morgan fingerprint density at radius 2 is 2.18 bits per heavy atom. The van der Waals surface area contributed by atoms with Crippen molar-refractivity contribution in [2.45, 2.75) is 26.8 Å². The Bertz CT molecular complexity index is 456. The van der Waals surface area contributed by atoms with Gasteiger partial charge >= 0.3 is 0 Å². The molecule has 2 N–H and O–H groups in total. The molecular formula is C12H17BrN2O2. The van der Waals surface area contributed by atoms with Crippen molar-refractivity contribution in [2.24, 2.45) is 5.92 Å². The molecule has 0 saturated heterocycles. The number of aryl methyl sites for hydroxylation is 1. The summed E-state index contributed by atoms with van der Waals surface area (Å²) in [5, 5.41) is 3.62. The van der Waals surface area contributed by atoms with Crippen molar-refractivity contribution < 1.29 is 4.79 Å². The number of aromatic nitrogens is 1. The van der Waals surface area contributed by atoms with Gasteiger partial charge in [0.25, 0.3) is 5.91 Å². The number of halogens is 1. The minimum absolute atomic E-state index is 0.0163. The molecule has 0 bridgehead atoms. The molecule has 1 aromatic heterocycles. The molecule has 2 unspecified atom stereocenters. The molecule has 0 aliphatic heterocycles. The summed E-state index contributed by atoms with van der Waals surface area (Å²) in [5.74, 6) is -0.0185. The van der Waals surface area contributed by atoms with Crippen LogP contribution in [0.2, 0.25) is 0 Å². The fraction of sp³-hybridized carbons (Fsp3) is 0.500. The highest BCUT2D eigenvalue weighted by Gasteiger charge is 2.16.